The van der Waals surface area contributed by atoms with Crippen LogP contribution in [0.2, 0.25) is 0 Å². The third kappa shape index (κ3) is 2.35. The van der Waals surface area contributed by atoms with Crippen molar-refractivity contribution in [2.24, 2.45) is 5.92 Å². The van der Waals surface area contributed by atoms with E-state index in [0.29, 0.717) is 25.0 Å². The first-order valence-electron chi connectivity index (χ1n) is 6.93. The van der Waals surface area contributed by atoms with Gasteiger partial charge < -0.3 is 15.3 Å². The van der Waals surface area contributed by atoms with Crippen molar-refractivity contribution in [3.63, 3.8) is 0 Å². The molecular weight excluding hydrogens is 256 g/mol. The number of hydrogen-bond acceptors (Lipinski definition) is 2. The van der Waals surface area contributed by atoms with Crippen LogP contribution in [0.3, 0.4) is 0 Å². The van der Waals surface area contributed by atoms with Crippen LogP contribution in [0.1, 0.15) is 41.3 Å². The Morgan fingerprint density at radius 2 is 1.95 bits per heavy atom. The number of rotatable bonds is 2. The molecular formula is C15H18N2O3. The summed E-state index contributed by atoms with van der Waals surface area (Å²) in [7, 11) is 0. The van der Waals surface area contributed by atoms with Gasteiger partial charge in [0.1, 0.15) is 0 Å². The second-order valence-corrected chi connectivity index (χ2v) is 5.87. The van der Waals surface area contributed by atoms with Gasteiger partial charge in [-0.15, -0.1) is 0 Å². The van der Waals surface area contributed by atoms with Crippen LogP contribution in [0.15, 0.2) is 18.2 Å². The van der Waals surface area contributed by atoms with Gasteiger partial charge in [0.2, 0.25) is 0 Å². The highest BCUT2D eigenvalue weighted by Gasteiger charge is 2.30. The van der Waals surface area contributed by atoms with Crippen LogP contribution >= 0.6 is 0 Å². The van der Waals surface area contributed by atoms with E-state index in [4.69, 9.17) is 5.11 Å². The fraction of sp³-hybridized carbons (Fsp3) is 0.467. The molecule has 3 rings (SSSR count). The van der Waals surface area contributed by atoms with E-state index < -0.39 is 5.97 Å². The molecule has 0 bridgehead atoms. The van der Waals surface area contributed by atoms with Crippen LogP contribution in [0.5, 0.6) is 0 Å². The number of nitrogens with zero attached hydrogens (tertiary/aromatic N) is 1. The van der Waals surface area contributed by atoms with E-state index in [9.17, 15) is 9.59 Å². The van der Waals surface area contributed by atoms with Crippen LogP contribution < -0.4 is 5.32 Å². The molecule has 0 saturated heterocycles. The highest BCUT2D eigenvalue weighted by Crippen LogP contribution is 2.28. The van der Waals surface area contributed by atoms with E-state index in [0.717, 1.165) is 24.0 Å². The van der Waals surface area contributed by atoms with Crippen LogP contribution in [-0.4, -0.2) is 28.0 Å². The highest BCUT2D eigenvalue weighted by atomic mass is 16.4. The number of carboxylic acid groups (broad SMARTS) is 1. The zero-order valence-corrected chi connectivity index (χ0v) is 11.4. The van der Waals surface area contributed by atoms with Crippen LogP contribution in [0, 0.1) is 5.92 Å². The maximum absolute atomic E-state index is 12.1. The van der Waals surface area contributed by atoms with Gasteiger partial charge in [-0.1, -0.05) is 13.0 Å². The highest BCUT2D eigenvalue weighted by molar-refractivity contribution is 5.88. The topological polar surface area (TPSA) is 69.6 Å². The molecule has 1 fully saturated rings. The normalized spacial score (nSPS) is 23.9. The Kier molecular flexibility index (Phi) is 3.12. The molecule has 0 atom stereocenters. The van der Waals surface area contributed by atoms with Gasteiger partial charge in [-0.3, -0.25) is 0 Å². The van der Waals surface area contributed by atoms with Crippen LogP contribution in [0.25, 0.3) is 0 Å². The van der Waals surface area contributed by atoms with Gasteiger partial charge in [0.05, 0.1) is 5.56 Å². The van der Waals surface area contributed by atoms with E-state index in [1.165, 1.54) is 0 Å². The molecule has 106 valence electrons. The van der Waals surface area contributed by atoms with Gasteiger partial charge in [0, 0.05) is 19.1 Å². The molecule has 0 aromatic heterocycles. The number of urea groups is 1. The minimum Gasteiger partial charge on any atom is -0.478 e. The van der Waals surface area contributed by atoms with E-state index in [-0.39, 0.29) is 11.6 Å². The molecule has 2 N–H and O–H groups in total. The van der Waals surface area contributed by atoms with E-state index in [1.807, 2.05) is 0 Å². The number of carbonyl (C=O) groups excluding carboxylic acids is 1. The molecule has 2 aliphatic rings. The van der Waals surface area contributed by atoms with Gasteiger partial charge in [-0.05, 0) is 42.0 Å². The van der Waals surface area contributed by atoms with Gasteiger partial charge in [-0.2, -0.15) is 0 Å². The van der Waals surface area contributed by atoms with Crippen molar-refractivity contribution in [2.45, 2.75) is 38.9 Å². The number of carbonyl (C=O) groups is 2. The molecule has 1 aromatic carbocycles. The first-order chi connectivity index (χ1) is 9.52. The summed E-state index contributed by atoms with van der Waals surface area (Å²) in [5, 5.41) is 12.0. The molecule has 5 nitrogen and oxygen atoms in total. The van der Waals surface area contributed by atoms with Crippen LogP contribution in [-0.2, 0) is 13.1 Å². The van der Waals surface area contributed by atoms with Crippen molar-refractivity contribution < 1.29 is 14.7 Å². The zero-order valence-electron chi connectivity index (χ0n) is 11.4. The molecule has 0 spiro atoms. The number of amides is 2. The first-order valence-corrected chi connectivity index (χ1v) is 6.93. The van der Waals surface area contributed by atoms with Crippen molar-refractivity contribution in [3.8, 4) is 0 Å². The third-order valence-corrected chi connectivity index (χ3v) is 4.16. The number of hydrogen-bond donors (Lipinski definition) is 2. The van der Waals surface area contributed by atoms with E-state index in [2.05, 4.69) is 12.2 Å². The lowest BCUT2D eigenvalue weighted by molar-refractivity contribution is 0.0696. The fourth-order valence-electron chi connectivity index (χ4n) is 2.96. The summed E-state index contributed by atoms with van der Waals surface area (Å²) >= 11 is 0. The molecule has 20 heavy (non-hydrogen) atoms. The molecule has 0 radical (unpaired) electrons. The van der Waals surface area contributed by atoms with Gasteiger partial charge in [0.15, 0.2) is 0 Å². The van der Waals surface area contributed by atoms with E-state index in [1.54, 1.807) is 23.1 Å². The number of benzene rings is 1. The summed E-state index contributed by atoms with van der Waals surface area (Å²) < 4.78 is 0. The SMILES string of the molecule is CC1CC(NC(=O)N2Cc3ccc(C(=O)O)cc3C2)C1. The second kappa shape index (κ2) is 4.81. The first kappa shape index (κ1) is 13.0. The Labute approximate surface area is 117 Å². The lowest BCUT2D eigenvalue weighted by Gasteiger charge is -2.34. The van der Waals surface area contributed by atoms with Crippen molar-refractivity contribution in [1.82, 2.24) is 10.2 Å². The minimum atomic E-state index is -0.931. The average Bonchev–Trinajstić information content (AvgIpc) is 2.79. The smallest absolute Gasteiger partial charge is 0.335 e. The second-order valence-electron chi connectivity index (χ2n) is 5.87. The summed E-state index contributed by atoms with van der Waals surface area (Å²) in [5.74, 6) is -0.228. The molecule has 2 amide bonds. The van der Waals surface area contributed by atoms with Gasteiger partial charge in [0.25, 0.3) is 0 Å². The Bertz CT molecular complexity index is 564. The summed E-state index contributed by atoms with van der Waals surface area (Å²) in [6.07, 6.45) is 2.10. The molecule has 1 aromatic rings. The maximum Gasteiger partial charge on any atom is 0.335 e. The number of aromatic carboxylic acids is 1. The van der Waals surface area contributed by atoms with Gasteiger partial charge in [-0.25, -0.2) is 9.59 Å². The summed E-state index contributed by atoms with van der Waals surface area (Å²) in [4.78, 5) is 24.8. The van der Waals surface area contributed by atoms with E-state index >= 15 is 0 Å². The van der Waals surface area contributed by atoms with Crippen molar-refractivity contribution in [1.29, 1.82) is 0 Å². The predicted molar refractivity (Wildman–Crippen MR) is 73.4 cm³/mol. The summed E-state index contributed by atoms with van der Waals surface area (Å²) in [6, 6.07) is 5.31. The molecule has 5 heteroatoms. The quantitative estimate of drug-likeness (QED) is 0.868. The summed E-state index contributed by atoms with van der Waals surface area (Å²) in [6.45, 7) is 3.23. The van der Waals surface area contributed by atoms with Crippen LogP contribution in [0.4, 0.5) is 4.79 Å². The zero-order chi connectivity index (χ0) is 14.3. The molecule has 1 saturated carbocycles. The number of fused-ring (bicyclic) bond motifs is 1. The molecule has 1 aliphatic carbocycles. The maximum atomic E-state index is 12.1. The number of carboxylic acids is 1. The minimum absolute atomic E-state index is 0.0463. The Balaban J connectivity index is 1.64. The van der Waals surface area contributed by atoms with Gasteiger partial charge >= 0.3 is 12.0 Å². The number of nitrogens with one attached hydrogen (secondary N) is 1. The third-order valence-electron chi connectivity index (χ3n) is 4.16. The fourth-order valence-corrected chi connectivity index (χ4v) is 2.96. The Morgan fingerprint density at radius 3 is 2.60 bits per heavy atom. The average molecular weight is 274 g/mol. The van der Waals surface area contributed by atoms with Crippen molar-refractivity contribution >= 4 is 12.0 Å². The molecule has 1 aliphatic heterocycles. The largest absolute Gasteiger partial charge is 0.478 e. The summed E-state index contributed by atoms with van der Waals surface area (Å²) in [5.41, 5.74) is 2.24. The lowest BCUT2D eigenvalue weighted by Crippen LogP contribution is -2.47. The van der Waals surface area contributed by atoms with Crippen molar-refractivity contribution in [2.75, 3.05) is 0 Å². The van der Waals surface area contributed by atoms with Crippen molar-refractivity contribution in [3.05, 3.63) is 34.9 Å². The standard InChI is InChI=1S/C15H18N2O3/c1-9-4-13(5-9)16-15(20)17-7-11-3-2-10(14(18)19)6-12(11)8-17/h2-3,6,9,13H,4-5,7-8H2,1H3,(H,16,20)(H,18,19). The monoisotopic (exact) mass is 274 g/mol. The molecule has 1 heterocycles. The lowest BCUT2D eigenvalue weighted by atomic mass is 9.82. The Morgan fingerprint density at radius 1 is 1.25 bits per heavy atom. The Hall–Kier alpha value is -2.04. The predicted octanol–water partition coefficient (Wildman–Crippen LogP) is 2.21. The molecule has 0 unspecified atom stereocenters.